The Morgan fingerprint density at radius 3 is 2.67 bits per heavy atom. The molecule has 4 nitrogen and oxygen atoms in total. The molecule has 0 aromatic heterocycles. The van der Waals surface area contributed by atoms with E-state index >= 15 is 0 Å². The quantitative estimate of drug-likeness (QED) is 0.480. The minimum Gasteiger partial charge on any atom is -0.493 e. The number of hydrogen-bond donors (Lipinski definition) is 2. The summed E-state index contributed by atoms with van der Waals surface area (Å²) in [4.78, 5) is 3.85. The van der Waals surface area contributed by atoms with Gasteiger partial charge in [0.25, 0.3) is 0 Å². The number of ether oxygens (including phenoxy) is 1. The summed E-state index contributed by atoms with van der Waals surface area (Å²) in [5, 5.41) is 3.02. The van der Waals surface area contributed by atoms with Gasteiger partial charge in [-0.15, -0.1) is 24.0 Å². The van der Waals surface area contributed by atoms with Gasteiger partial charge >= 0.3 is 0 Å². The van der Waals surface area contributed by atoms with Gasteiger partial charge < -0.3 is 15.8 Å². The number of nitrogens with zero attached hydrogens (tertiary/aromatic N) is 1. The molecule has 0 radical (unpaired) electrons. The third-order valence-corrected chi connectivity index (χ3v) is 2.25. The van der Waals surface area contributed by atoms with Crippen LogP contribution in [0.4, 0.5) is 0 Å². The SMILES string of the molecule is CN=C(N)NCc1ccccc1OCC(C)C.I. The Balaban J connectivity index is 0.00000289. The lowest BCUT2D eigenvalue weighted by Gasteiger charge is -2.13. The maximum atomic E-state index is 5.74. The Hall–Kier alpha value is -0.980. The van der Waals surface area contributed by atoms with E-state index in [1.54, 1.807) is 7.05 Å². The molecule has 0 fully saturated rings. The van der Waals surface area contributed by atoms with Crippen molar-refractivity contribution in [3.63, 3.8) is 0 Å². The molecule has 1 rings (SSSR count). The molecule has 1 aromatic rings. The fourth-order valence-corrected chi connectivity index (χ4v) is 1.31. The Morgan fingerprint density at radius 1 is 1.39 bits per heavy atom. The van der Waals surface area contributed by atoms with Crippen LogP contribution in [0, 0.1) is 5.92 Å². The number of guanidine groups is 1. The molecule has 0 aliphatic rings. The van der Waals surface area contributed by atoms with Crippen LogP contribution in [0.5, 0.6) is 5.75 Å². The molecule has 0 aliphatic heterocycles. The topological polar surface area (TPSA) is 59.6 Å². The summed E-state index contributed by atoms with van der Waals surface area (Å²) in [6.45, 7) is 5.59. The van der Waals surface area contributed by atoms with E-state index in [9.17, 15) is 0 Å². The van der Waals surface area contributed by atoms with Gasteiger partial charge in [0.15, 0.2) is 5.96 Å². The molecule has 5 heteroatoms. The van der Waals surface area contributed by atoms with Crippen molar-refractivity contribution < 1.29 is 4.74 Å². The molecular weight excluding hydrogens is 341 g/mol. The average Bonchev–Trinajstić information content (AvgIpc) is 2.34. The normalized spacial score (nSPS) is 11.0. The predicted molar refractivity (Wildman–Crippen MR) is 86.6 cm³/mol. The van der Waals surface area contributed by atoms with Crippen molar-refractivity contribution >= 4 is 29.9 Å². The number of benzene rings is 1. The standard InChI is InChI=1S/C13H21N3O.HI/c1-10(2)9-17-12-7-5-4-6-11(12)8-16-13(14)15-3;/h4-7,10H,8-9H2,1-3H3,(H3,14,15,16);1H. The van der Waals surface area contributed by atoms with Crippen LogP contribution in [-0.2, 0) is 6.54 Å². The van der Waals surface area contributed by atoms with E-state index in [0.717, 1.165) is 11.3 Å². The van der Waals surface area contributed by atoms with Crippen molar-refractivity contribution in [3.8, 4) is 5.75 Å². The van der Waals surface area contributed by atoms with Crippen LogP contribution < -0.4 is 15.8 Å². The fraction of sp³-hybridized carbons (Fsp3) is 0.462. The molecule has 0 aliphatic carbocycles. The van der Waals surface area contributed by atoms with Crippen LogP contribution in [-0.4, -0.2) is 19.6 Å². The highest BCUT2D eigenvalue weighted by Gasteiger charge is 2.04. The largest absolute Gasteiger partial charge is 0.493 e. The van der Waals surface area contributed by atoms with Crippen LogP contribution in [0.1, 0.15) is 19.4 Å². The van der Waals surface area contributed by atoms with Gasteiger partial charge in [0, 0.05) is 19.2 Å². The summed E-state index contributed by atoms with van der Waals surface area (Å²) in [6, 6.07) is 7.94. The van der Waals surface area contributed by atoms with E-state index in [0.29, 0.717) is 25.0 Å². The zero-order valence-electron chi connectivity index (χ0n) is 11.1. The fourth-order valence-electron chi connectivity index (χ4n) is 1.31. The van der Waals surface area contributed by atoms with E-state index in [1.807, 2.05) is 24.3 Å². The van der Waals surface area contributed by atoms with Crippen LogP contribution >= 0.6 is 24.0 Å². The van der Waals surface area contributed by atoms with Gasteiger partial charge in [-0.05, 0) is 12.0 Å². The molecule has 1 aromatic carbocycles. The molecule has 0 spiro atoms. The van der Waals surface area contributed by atoms with Gasteiger partial charge in [-0.1, -0.05) is 32.0 Å². The Morgan fingerprint density at radius 2 is 2.06 bits per heavy atom. The van der Waals surface area contributed by atoms with Gasteiger partial charge in [-0.25, -0.2) is 0 Å². The van der Waals surface area contributed by atoms with Gasteiger partial charge in [-0.3, -0.25) is 4.99 Å². The maximum absolute atomic E-state index is 5.74. The van der Waals surface area contributed by atoms with E-state index in [2.05, 4.69) is 24.2 Å². The molecule has 18 heavy (non-hydrogen) atoms. The van der Waals surface area contributed by atoms with E-state index in [4.69, 9.17) is 10.5 Å². The second-order valence-corrected chi connectivity index (χ2v) is 4.27. The summed E-state index contributed by atoms with van der Waals surface area (Å²) in [6.07, 6.45) is 0. The molecule has 102 valence electrons. The first-order valence-corrected chi connectivity index (χ1v) is 5.80. The van der Waals surface area contributed by atoms with Crippen molar-refractivity contribution in [2.24, 2.45) is 16.6 Å². The molecule has 0 saturated carbocycles. The zero-order chi connectivity index (χ0) is 12.7. The summed E-state index contributed by atoms with van der Waals surface area (Å²) >= 11 is 0. The number of nitrogens with one attached hydrogen (secondary N) is 1. The highest BCUT2D eigenvalue weighted by Crippen LogP contribution is 2.18. The van der Waals surface area contributed by atoms with Crippen molar-refractivity contribution in [1.29, 1.82) is 0 Å². The van der Waals surface area contributed by atoms with Gasteiger partial charge in [-0.2, -0.15) is 0 Å². The Bertz CT molecular complexity index is 380. The number of para-hydroxylation sites is 1. The van der Waals surface area contributed by atoms with Crippen molar-refractivity contribution in [2.45, 2.75) is 20.4 Å². The second kappa shape index (κ2) is 9.02. The Kier molecular flexibility index (Phi) is 8.53. The third-order valence-electron chi connectivity index (χ3n) is 2.25. The smallest absolute Gasteiger partial charge is 0.188 e. The highest BCUT2D eigenvalue weighted by molar-refractivity contribution is 14.0. The van der Waals surface area contributed by atoms with E-state index in [1.165, 1.54) is 0 Å². The maximum Gasteiger partial charge on any atom is 0.188 e. The molecule has 0 unspecified atom stereocenters. The highest BCUT2D eigenvalue weighted by atomic mass is 127. The molecule has 3 N–H and O–H groups in total. The van der Waals surface area contributed by atoms with Gasteiger partial charge in [0.05, 0.1) is 6.61 Å². The summed E-state index contributed by atoms with van der Waals surface area (Å²) in [5.74, 6) is 1.85. The number of halogens is 1. The van der Waals surface area contributed by atoms with E-state index < -0.39 is 0 Å². The first-order chi connectivity index (χ1) is 8.13. The predicted octanol–water partition coefficient (Wildman–Crippen LogP) is 2.37. The number of rotatable bonds is 5. The van der Waals surface area contributed by atoms with Crippen LogP contribution in [0.15, 0.2) is 29.3 Å². The molecule has 0 heterocycles. The van der Waals surface area contributed by atoms with Crippen LogP contribution in [0.25, 0.3) is 0 Å². The average molecular weight is 363 g/mol. The summed E-state index contributed by atoms with van der Waals surface area (Å²) < 4.78 is 5.74. The Labute approximate surface area is 126 Å². The van der Waals surface area contributed by atoms with Crippen LogP contribution in [0.3, 0.4) is 0 Å². The second-order valence-electron chi connectivity index (χ2n) is 4.27. The molecular formula is C13H22IN3O. The number of hydrogen-bond acceptors (Lipinski definition) is 2. The summed E-state index contributed by atoms with van der Waals surface area (Å²) in [5.41, 5.74) is 6.67. The number of aliphatic imine (C=N–C) groups is 1. The van der Waals surface area contributed by atoms with Crippen LogP contribution in [0.2, 0.25) is 0 Å². The van der Waals surface area contributed by atoms with Gasteiger partial charge in [0.1, 0.15) is 5.75 Å². The first-order valence-electron chi connectivity index (χ1n) is 5.80. The first kappa shape index (κ1) is 17.0. The van der Waals surface area contributed by atoms with E-state index in [-0.39, 0.29) is 24.0 Å². The zero-order valence-corrected chi connectivity index (χ0v) is 13.5. The molecule has 0 saturated heterocycles. The molecule has 0 bridgehead atoms. The molecule has 0 amide bonds. The summed E-state index contributed by atoms with van der Waals surface area (Å²) in [7, 11) is 1.66. The monoisotopic (exact) mass is 363 g/mol. The lowest BCUT2D eigenvalue weighted by Crippen LogP contribution is -2.30. The minimum absolute atomic E-state index is 0. The van der Waals surface area contributed by atoms with Crippen molar-refractivity contribution in [2.75, 3.05) is 13.7 Å². The lowest BCUT2D eigenvalue weighted by atomic mass is 10.2. The van der Waals surface area contributed by atoms with Gasteiger partial charge in [0.2, 0.25) is 0 Å². The minimum atomic E-state index is 0. The lowest BCUT2D eigenvalue weighted by molar-refractivity contribution is 0.268. The third kappa shape index (κ3) is 6.09. The van der Waals surface area contributed by atoms with Crippen molar-refractivity contribution in [3.05, 3.63) is 29.8 Å². The van der Waals surface area contributed by atoms with Crippen molar-refractivity contribution in [1.82, 2.24) is 5.32 Å². The number of nitrogens with two attached hydrogens (primary N) is 1. The molecule has 0 atom stereocenters.